The van der Waals surface area contributed by atoms with Gasteiger partial charge in [-0.2, -0.15) is 5.10 Å². The third-order valence-corrected chi connectivity index (χ3v) is 6.94. The molecular weight excluding hydrogens is 380 g/mol. The molecule has 0 unspecified atom stereocenters. The van der Waals surface area contributed by atoms with Crippen molar-refractivity contribution in [1.29, 1.82) is 0 Å². The highest BCUT2D eigenvalue weighted by molar-refractivity contribution is 7.12. The summed E-state index contributed by atoms with van der Waals surface area (Å²) in [6.07, 6.45) is 6.45. The van der Waals surface area contributed by atoms with Gasteiger partial charge in [-0.15, -0.1) is 11.3 Å². The molecule has 6 heteroatoms. The molecular formula is C23H30N4OS. The Balaban J connectivity index is 1.89. The summed E-state index contributed by atoms with van der Waals surface area (Å²) in [7, 11) is 0. The maximum absolute atomic E-state index is 13.7. The van der Waals surface area contributed by atoms with Crippen LogP contribution in [0.15, 0.2) is 18.3 Å². The third-order valence-electron chi connectivity index (χ3n) is 5.97. The number of hydrogen-bond donors (Lipinski definition) is 0. The number of hydrogen-bond acceptors (Lipinski definition) is 4. The quantitative estimate of drug-likeness (QED) is 0.537. The number of rotatable bonds is 5. The van der Waals surface area contributed by atoms with Crippen LogP contribution in [0.2, 0.25) is 0 Å². The van der Waals surface area contributed by atoms with Crippen molar-refractivity contribution in [2.24, 2.45) is 0 Å². The summed E-state index contributed by atoms with van der Waals surface area (Å²) in [5.41, 5.74) is 3.51. The first-order valence-electron chi connectivity index (χ1n) is 10.7. The van der Waals surface area contributed by atoms with Crippen LogP contribution in [0.4, 0.5) is 0 Å². The number of carbonyl (C=O) groups is 1. The molecule has 1 amide bonds. The van der Waals surface area contributed by atoms with Gasteiger partial charge in [0.15, 0.2) is 5.65 Å². The summed E-state index contributed by atoms with van der Waals surface area (Å²) in [6, 6.07) is 4.70. The highest BCUT2D eigenvalue weighted by Crippen LogP contribution is 2.34. The zero-order valence-corrected chi connectivity index (χ0v) is 18.8. The number of aromatic nitrogens is 3. The average Bonchev–Trinajstić information content (AvgIpc) is 3.41. The molecule has 1 saturated carbocycles. The normalized spacial score (nSPS) is 15.0. The van der Waals surface area contributed by atoms with Gasteiger partial charge in [0.1, 0.15) is 0 Å². The molecule has 0 spiro atoms. The van der Waals surface area contributed by atoms with E-state index >= 15 is 0 Å². The fraction of sp³-hybridized carbons (Fsp3) is 0.522. The monoisotopic (exact) mass is 410 g/mol. The average molecular weight is 411 g/mol. The molecule has 1 aliphatic rings. The number of amides is 1. The van der Waals surface area contributed by atoms with E-state index in [0.717, 1.165) is 47.2 Å². The minimum absolute atomic E-state index is 0.112. The van der Waals surface area contributed by atoms with Crippen molar-refractivity contribution in [2.45, 2.75) is 72.4 Å². The number of fused-ring (bicyclic) bond motifs is 1. The summed E-state index contributed by atoms with van der Waals surface area (Å²) < 4.78 is 1.93. The highest BCUT2D eigenvalue weighted by atomic mass is 32.1. The Bertz CT molecular complexity index is 1040. The molecule has 5 nitrogen and oxygen atoms in total. The Kier molecular flexibility index (Phi) is 5.47. The second kappa shape index (κ2) is 7.90. The van der Waals surface area contributed by atoms with Crippen LogP contribution in [0.5, 0.6) is 0 Å². The van der Waals surface area contributed by atoms with Gasteiger partial charge in [-0.05, 0) is 59.6 Å². The van der Waals surface area contributed by atoms with Crippen molar-refractivity contribution in [1.82, 2.24) is 19.7 Å². The van der Waals surface area contributed by atoms with E-state index < -0.39 is 0 Å². The predicted molar refractivity (Wildman–Crippen MR) is 120 cm³/mol. The molecule has 29 heavy (non-hydrogen) atoms. The number of carbonyl (C=O) groups excluding carboxylic acids is 1. The molecule has 1 fully saturated rings. The Morgan fingerprint density at radius 1 is 1.28 bits per heavy atom. The Labute approximate surface area is 176 Å². The van der Waals surface area contributed by atoms with Crippen LogP contribution in [-0.2, 0) is 0 Å². The summed E-state index contributed by atoms with van der Waals surface area (Å²) >= 11 is 1.77. The van der Waals surface area contributed by atoms with E-state index in [2.05, 4.69) is 50.7 Å². The molecule has 4 rings (SSSR count). The second-order valence-electron chi connectivity index (χ2n) is 8.33. The molecule has 0 N–H and O–H groups in total. The van der Waals surface area contributed by atoms with Gasteiger partial charge in [0.2, 0.25) is 0 Å². The van der Waals surface area contributed by atoms with Gasteiger partial charge in [0.05, 0.1) is 22.8 Å². The van der Waals surface area contributed by atoms with E-state index in [-0.39, 0.29) is 11.9 Å². The summed E-state index contributed by atoms with van der Waals surface area (Å²) in [5.74, 6) is 0.112. The largest absolute Gasteiger partial charge is 0.336 e. The lowest BCUT2D eigenvalue weighted by atomic mass is 10.0. The van der Waals surface area contributed by atoms with Crippen LogP contribution < -0.4 is 0 Å². The molecule has 1 aliphatic carbocycles. The van der Waals surface area contributed by atoms with Crippen LogP contribution in [0.1, 0.15) is 72.6 Å². The topological polar surface area (TPSA) is 51.0 Å². The first-order valence-corrected chi connectivity index (χ1v) is 11.5. The SMILES string of the molecule is CCN(C(=O)c1cc(-c2cc(C)sc2C)nc2c1cnn2C(C)C)C1CCCC1. The first-order chi connectivity index (χ1) is 13.9. The van der Waals surface area contributed by atoms with Gasteiger partial charge in [-0.3, -0.25) is 4.79 Å². The maximum Gasteiger partial charge on any atom is 0.254 e. The van der Waals surface area contributed by atoms with Gasteiger partial charge in [0.25, 0.3) is 5.91 Å². The van der Waals surface area contributed by atoms with Crippen molar-refractivity contribution in [2.75, 3.05) is 6.54 Å². The van der Waals surface area contributed by atoms with E-state index in [0.29, 0.717) is 6.04 Å². The fourth-order valence-corrected chi connectivity index (χ4v) is 5.47. The molecule has 0 aliphatic heterocycles. The Morgan fingerprint density at radius 2 is 2.00 bits per heavy atom. The van der Waals surface area contributed by atoms with Crippen LogP contribution in [-0.4, -0.2) is 38.2 Å². The van der Waals surface area contributed by atoms with Gasteiger partial charge in [-0.1, -0.05) is 12.8 Å². The second-order valence-corrected chi connectivity index (χ2v) is 9.79. The van der Waals surface area contributed by atoms with Crippen molar-refractivity contribution in [3.05, 3.63) is 33.6 Å². The molecule has 3 aromatic heterocycles. The number of pyridine rings is 1. The van der Waals surface area contributed by atoms with Gasteiger partial charge < -0.3 is 4.90 Å². The van der Waals surface area contributed by atoms with Gasteiger partial charge in [-0.25, -0.2) is 9.67 Å². The summed E-state index contributed by atoms with van der Waals surface area (Å²) in [5, 5.41) is 5.42. The van der Waals surface area contributed by atoms with Crippen molar-refractivity contribution < 1.29 is 4.79 Å². The van der Waals surface area contributed by atoms with Gasteiger partial charge in [0, 0.05) is 33.9 Å². The molecule has 0 radical (unpaired) electrons. The first kappa shape index (κ1) is 20.1. The zero-order chi connectivity index (χ0) is 20.7. The predicted octanol–water partition coefficient (Wildman–Crippen LogP) is 5.76. The fourth-order valence-electron chi connectivity index (χ4n) is 4.53. The van der Waals surface area contributed by atoms with E-state index in [1.807, 2.05) is 16.9 Å². The van der Waals surface area contributed by atoms with E-state index in [4.69, 9.17) is 4.98 Å². The van der Waals surface area contributed by atoms with Crippen LogP contribution >= 0.6 is 11.3 Å². The van der Waals surface area contributed by atoms with Crippen LogP contribution in [0.3, 0.4) is 0 Å². The summed E-state index contributed by atoms with van der Waals surface area (Å²) in [4.78, 5) is 23.2. The van der Waals surface area contributed by atoms with E-state index in [9.17, 15) is 4.79 Å². The molecule has 3 aromatic rings. The van der Waals surface area contributed by atoms with Crippen molar-refractivity contribution in [3.8, 4) is 11.3 Å². The number of nitrogens with zero attached hydrogens (tertiary/aromatic N) is 4. The Morgan fingerprint density at radius 3 is 2.59 bits per heavy atom. The van der Waals surface area contributed by atoms with Gasteiger partial charge >= 0.3 is 0 Å². The minimum Gasteiger partial charge on any atom is -0.336 e. The third kappa shape index (κ3) is 3.59. The molecule has 0 bridgehead atoms. The van der Waals surface area contributed by atoms with Crippen molar-refractivity contribution >= 4 is 28.3 Å². The van der Waals surface area contributed by atoms with Crippen molar-refractivity contribution in [3.63, 3.8) is 0 Å². The zero-order valence-electron chi connectivity index (χ0n) is 18.0. The Hall–Kier alpha value is -2.21. The molecule has 3 heterocycles. The van der Waals surface area contributed by atoms with E-state index in [1.54, 1.807) is 11.3 Å². The standard InChI is InChI=1S/C23H30N4OS/c1-6-26(17-9-7-8-10-17)23(28)19-12-21(18-11-15(4)29-16(18)5)25-22-20(19)13-24-27(22)14(2)3/h11-14,17H,6-10H2,1-5H3. The minimum atomic E-state index is 0.112. The van der Waals surface area contributed by atoms with Crippen LogP contribution in [0, 0.1) is 13.8 Å². The lowest BCUT2D eigenvalue weighted by molar-refractivity contribution is 0.0695. The lowest BCUT2D eigenvalue weighted by Gasteiger charge is -2.28. The molecule has 0 aromatic carbocycles. The molecule has 0 saturated heterocycles. The lowest BCUT2D eigenvalue weighted by Crippen LogP contribution is -2.38. The van der Waals surface area contributed by atoms with Crippen LogP contribution in [0.25, 0.3) is 22.3 Å². The molecule has 0 atom stereocenters. The van der Waals surface area contributed by atoms with E-state index in [1.165, 1.54) is 22.6 Å². The summed E-state index contributed by atoms with van der Waals surface area (Å²) in [6.45, 7) is 11.2. The molecule has 154 valence electrons. The number of thiophene rings is 1. The smallest absolute Gasteiger partial charge is 0.254 e. The maximum atomic E-state index is 13.7. The number of aryl methyl sites for hydroxylation is 2. The highest BCUT2D eigenvalue weighted by Gasteiger charge is 2.29.